The van der Waals surface area contributed by atoms with E-state index in [0.29, 0.717) is 11.3 Å². The lowest BCUT2D eigenvalue weighted by Gasteiger charge is -2.28. The van der Waals surface area contributed by atoms with Gasteiger partial charge in [0.2, 0.25) is 0 Å². The molecule has 36 heavy (non-hydrogen) atoms. The van der Waals surface area contributed by atoms with Crippen molar-refractivity contribution in [1.82, 2.24) is 0 Å². The van der Waals surface area contributed by atoms with Gasteiger partial charge in [-0.3, -0.25) is 4.79 Å². The first-order valence-corrected chi connectivity index (χ1v) is 12.3. The number of hydrogen-bond acceptors (Lipinski definition) is 4. The van der Waals surface area contributed by atoms with Crippen LogP contribution in [0.4, 0.5) is 17.6 Å². The molecule has 0 saturated carbocycles. The van der Waals surface area contributed by atoms with E-state index in [1.807, 2.05) is 0 Å². The standard InChI is InChI=1S/C27H20F4O4S/c1-17(26(32)24-13-14-25(24)36(33,34)23-11-7-20(28)8-12-23)15-18-3-2-4-22(16-18)35-21-9-5-19(6-10-21)27(29,30)31/h2-14,16,24-25H,1,15H2/t24-,25?/m1/s1. The lowest BCUT2D eigenvalue weighted by atomic mass is 9.85. The van der Waals surface area contributed by atoms with Gasteiger partial charge >= 0.3 is 6.18 Å². The van der Waals surface area contributed by atoms with Crippen molar-refractivity contribution in [2.45, 2.75) is 22.7 Å². The molecule has 0 heterocycles. The molecule has 1 unspecified atom stereocenters. The second kappa shape index (κ2) is 9.73. The van der Waals surface area contributed by atoms with Crippen molar-refractivity contribution in [3.63, 3.8) is 0 Å². The summed E-state index contributed by atoms with van der Waals surface area (Å²) in [5.41, 5.74) is 0.0533. The number of benzene rings is 3. The van der Waals surface area contributed by atoms with Gasteiger partial charge in [-0.05, 0) is 71.8 Å². The lowest BCUT2D eigenvalue weighted by Crippen LogP contribution is -2.39. The lowest BCUT2D eigenvalue weighted by molar-refractivity contribution is -0.137. The van der Waals surface area contributed by atoms with Gasteiger partial charge in [-0.15, -0.1) is 0 Å². The summed E-state index contributed by atoms with van der Waals surface area (Å²) >= 11 is 0. The molecule has 0 saturated heterocycles. The van der Waals surface area contributed by atoms with E-state index in [9.17, 15) is 30.8 Å². The van der Waals surface area contributed by atoms with E-state index in [4.69, 9.17) is 4.74 Å². The Hall–Kier alpha value is -3.72. The summed E-state index contributed by atoms with van der Waals surface area (Å²) in [5.74, 6) is -1.33. The summed E-state index contributed by atoms with van der Waals surface area (Å²) in [6.07, 6.45) is -1.40. The van der Waals surface area contributed by atoms with Crippen molar-refractivity contribution >= 4 is 15.6 Å². The van der Waals surface area contributed by atoms with Crippen molar-refractivity contribution in [3.8, 4) is 11.5 Å². The molecule has 0 amide bonds. The Labute approximate surface area is 205 Å². The van der Waals surface area contributed by atoms with Gasteiger partial charge in [-0.1, -0.05) is 30.9 Å². The third-order valence-electron chi connectivity index (χ3n) is 5.75. The molecular formula is C27H20F4O4S. The van der Waals surface area contributed by atoms with Gasteiger partial charge in [0, 0.05) is 6.42 Å². The number of Topliss-reactive ketones (excluding diaryl/α,β-unsaturated/α-hetero) is 1. The van der Waals surface area contributed by atoms with Crippen LogP contribution in [0.1, 0.15) is 11.1 Å². The van der Waals surface area contributed by atoms with Gasteiger partial charge in [0.25, 0.3) is 0 Å². The Balaban J connectivity index is 1.42. The molecule has 0 bridgehead atoms. The van der Waals surface area contributed by atoms with E-state index in [1.165, 1.54) is 24.3 Å². The average Bonchev–Trinajstić information content (AvgIpc) is 2.78. The van der Waals surface area contributed by atoms with Crippen molar-refractivity contribution in [1.29, 1.82) is 0 Å². The van der Waals surface area contributed by atoms with Gasteiger partial charge in [0.1, 0.15) is 17.3 Å². The quantitative estimate of drug-likeness (QED) is 0.152. The Kier molecular flexibility index (Phi) is 6.86. The molecule has 0 radical (unpaired) electrons. The number of ether oxygens (including phenoxy) is 1. The highest BCUT2D eigenvalue weighted by molar-refractivity contribution is 7.92. The minimum atomic E-state index is -4.45. The molecule has 3 aromatic carbocycles. The molecule has 0 aliphatic heterocycles. The van der Waals surface area contributed by atoms with E-state index in [1.54, 1.807) is 24.3 Å². The molecule has 0 fully saturated rings. The highest BCUT2D eigenvalue weighted by Crippen LogP contribution is 2.34. The van der Waals surface area contributed by atoms with Crippen LogP contribution >= 0.6 is 0 Å². The largest absolute Gasteiger partial charge is 0.457 e. The number of carbonyl (C=O) groups is 1. The van der Waals surface area contributed by atoms with Crippen LogP contribution in [-0.4, -0.2) is 19.5 Å². The second-order valence-electron chi connectivity index (χ2n) is 8.29. The molecule has 2 atom stereocenters. The van der Waals surface area contributed by atoms with Crippen LogP contribution in [0.15, 0.2) is 102 Å². The summed E-state index contributed by atoms with van der Waals surface area (Å²) < 4.78 is 82.8. The first-order valence-electron chi connectivity index (χ1n) is 10.8. The smallest absolute Gasteiger partial charge is 0.416 e. The number of rotatable bonds is 8. The average molecular weight is 517 g/mol. The Morgan fingerprint density at radius 3 is 2.17 bits per heavy atom. The summed E-state index contributed by atoms with van der Waals surface area (Å²) in [6.45, 7) is 3.82. The van der Waals surface area contributed by atoms with Crippen molar-refractivity contribution in [3.05, 3.63) is 114 Å². The van der Waals surface area contributed by atoms with Crippen molar-refractivity contribution < 1.29 is 35.5 Å². The normalized spacial score (nSPS) is 17.3. The Bertz CT molecular complexity index is 1420. The maximum Gasteiger partial charge on any atom is 0.416 e. The van der Waals surface area contributed by atoms with Crippen molar-refractivity contribution in [2.75, 3.05) is 0 Å². The first kappa shape index (κ1) is 25.4. The maximum atomic E-state index is 13.2. The monoisotopic (exact) mass is 516 g/mol. The summed E-state index contributed by atoms with van der Waals surface area (Å²) in [4.78, 5) is 12.9. The zero-order valence-electron chi connectivity index (χ0n) is 18.7. The Morgan fingerprint density at radius 1 is 0.917 bits per heavy atom. The molecule has 1 aliphatic rings. The minimum Gasteiger partial charge on any atom is -0.457 e. The number of ketones is 1. The molecule has 1 aliphatic carbocycles. The molecule has 4 nitrogen and oxygen atoms in total. The molecule has 0 aromatic heterocycles. The topological polar surface area (TPSA) is 60.4 Å². The number of alkyl halides is 3. The van der Waals surface area contributed by atoms with E-state index in [-0.39, 0.29) is 22.6 Å². The summed E-state index contributed by atoms with van der Waals surface area (Å²) in [6, 6.07) is 15.3. The highest BCUT2D eigenvalue weighted by atomic mass is 32.2. The number of carbonyl (C=O) groups excluding carboxylic acids is 1. The van der Waals surface area contributed by atoms with E-state index in [0.717, 1.165) is 36.4 Å². The zero-order valence-corrected chi connectivity index (χ0v) is 19.5. The SMILES string of the molecule is C=C(Cc1cccc(Oc2ccc(C(F)(F)F)cc2)c1)C(=O)[C@@H]1C=CC1S(=O)(=O)c1ccc(F)cc1. The van der Waals surface area contributed by atoms with Crippen LogP contribution in [0.5, 0.6) is 11.5 Å². The molecule has 3 aromatic rings. The molecule has 0 N–H and O–H groups in total. The molecule has 4 rings (SSSR count). The predicted octanol–water partition coefficient (Wildman–Crippen LogP) is 6.33. The fourth-order valence-electron chi connectivity index (χ4n) is 3.76. The third-order valence-corrected chi connectivity index (χ3v) is 7.84. The number of allylic oxidation sites excluding steroid dienone is 2. The molecular weight excluding hydrogens is 496 g/mol. The van der Waals surface area contributed by atoms with Crippen LogP contribution in [0.3, 0.4) is 0 Å². The minimum absolute atomic E-state index is 0.0743. The van der Waals surface area contributed by atoms with Crippen LogP contribution in [-0.2, 0) is 27.2 Å². The van der Waals surface area contributed by atoms with E-state index >= 15 is 0 Å². The summed E-state index contributed by atoms with van der Waals surface area (Å²) in [5, 5.41) is -1.07. The Morgan fingerprint density at radius 2 is 1.58 bits per heavy atom. The molecule has 0 spiro atoms. The van der Waals surface area contributed by atoms with Gasteiger partial charge in [0.05, 0.1) is 21.6 Å². The number of halogens is 4. The summed E-state index contributed by atoms with van der Waals surface area (Å²) in [7, 11) is -3.88. The fraction of sp³-hybridized carbons (Fsp3) is 0.148. The van der Waals surface area contributed by atoms with Crippen LogP contribution in [0, 0.1) is 11.7 Å². The van der Waals surface area contributed by atoms with Gasteiger partial charge in [-0.25, -0.2) is 12.8 Å². The first-order chi connectivity index (χ1) is 16.9. The zero-order chi connectivity index (χ0) is 26.1. The number of sulfone groups is 1. The van der Waals surface area contributed by atoms with E-state index < -0.39 is 44.3 Å². The maximum absolute atomic E-state index is 13.2. The third kappa shape index (κ3) is 5.41. The fourth-order valence-corrected chi connectivity index (χ4v) is 5.49. The second-order valence-corrected chi connectivity index (χ2v) is 10.4. The van der Waals surface area contributed by atoms with Crippen molar-refractivity contribution in [2.24, 2.45) is 5.92 Å². The van der Waals surface area contributed by atoms with Gasteiger partial charge in [-0.2, -0.15) is 13.2 Å². The highest BCUT2D eigenvalue weighted by Gasteiger charge is 2.41. The predicted molar refractivity (Wildman–Crippen MR) is 126 cm³/mol. The van der Waals surface area contributed by atoms with Gasteiger partial charge in [0.15, 0.2) is 15.6 Å². The van der Waals surface area contributed by atoms with Crippen LogP contribution in [0.25, 0.3) is 0 Å². The molecule has 9 heteroatoms. The van der Waals surface area contributed by atoms with Gasteiger partial charge < -0.3 is 4.74 Å². The number of hydrogen-bond donors (Lipinski definition) is 0. The van der Waals surface area contributed by atoms with Crippen LogP contribution < -0.4 is 4.74 Å². The van der Waals surface area contributed by atoms with Crippen LogP contribution in [0.2, 0.25) is 0 Å². The molecule has 186 valence electrons. The van der Waals surface area contributed by atoms with E-state index in [2.05, 4.69) is 6.58 Å².